The molecule has 0 saturated carbocycles. The highest BCUT2D eigenvalue weighted by Gasteiger charge is 2.17. The number of benzene rings is 2. The monoisotopic (exact) mass is 319 g/mol. The number of hydrogen-bond acceptors (Lipinski definition) is 3. The molecule has 0 spiro atoms. The largest absolute Gasteiger partial charge is 0.465 e. The van der Waals surface area contributed by atoms with Crippen molar-refractivity contribution < 1.29 is 14.3 Å². The van der Waals surface area contributed by atoms with Crippen LogP contribution < -0.4 is 0 Å². The van der Waals surface area contributed by atoms with Crippen molar-refractivity contribution in [3.05, 3.63) is 77.5 Å². The number of hydrogen-bond donors (Lipinski definition) is 0. The van der Waals surface area contributed by atoms with Gasteiger partial charge in [0.25, 0.3) is 5.91 Å². The predicted molar refractivity (Wildman–Crippen MR) is 94.1 cm³/mol. The quantitative estimate of drug-likeness (QED) is 0.539. The van der Waals surface area contributed by atoms with Crippen LogP contribution in [0.4, 0.5) is 0 Å². The molecule has 0 aliphatic heterocycles. The molecule has 0 saturated heterocycles. The van der Waals surface area contributed by atoms with Gasteiger partial charge in [0.1, 0.15) is 0 Å². The number of methoxy groups -OCH3 is 1. The Balaban J connectivity index is 1.98. The summed E-state index contributed by atoms with van der Waals surface area (Å²) in [6, 6.07) is 15.1. The van der Waals surface area contributed by atoms with E-state index in [9.17, 15) is 9.59 Å². The second-order valence-corrected chi connectivity index (χ2v) is 5.50. The zero-order chi connectivity index (χ0) is 17.1. The number of carbonyl (C=O) groups is 2. The van der Waals surface area contributed by atoms with E-state index in [0.717, 1.165) is 11.1 Å². The number of allylic oxidation sites excluding steroid dienone is 1. The Morgan fingerprint density at radius 2 is 1.75 bits per heavy atom. The number of para-hydroxylation sites is 1. The van der Waals surface area contributed by atoms with Gasteiger partial charge in [-0.05, 0) is 24.6 Å². The first-order chi connectivity index (χ1) is 11.6. The average molecular weight is 319 g/mol. The number of nitrogens with zero attached hydrogens (tertiary/aromatic N) is 1. The van der Waals surface area contributed by atoms with E-state index in [4.69, 9.17) is 4.74 Å². The maximum atomic E-state index is 12.5. The zero-order valence-electron chi connectivity index (χ0n) is 13.5. The third-order valence-corrected chi connectivity index (χ3v) is 3.85. The molecule has 0 aliphatic carbocycles. The highest BCUT2D eigenvalue weighted by atomic mass is 16.5. The standard InChI is InChI=1S/C20H17NO3/c1-14-7-9-15(10-8-14)11-12-19(22)21-13-17(20(23)24-2)16-5-3-4-6-18(16)21/h3-13H,1-2H3/b12-11+. The number of esters is 1. The van der Waals surface area contributed by atoms with Crippen LogP contribution in [-0.4, -0.2) is 23.6 Å². The van der Waals surface area contributed by atoms with E-state index in [-0.39, 0.29) is 5.91 Å². The van der Waals surface area contributed by atoms with Crippen LogP contribution in [0, 0.1) is 6.92 Å². The van der Waals surface area contributed by atoms with Gasteiger partial charge < -0.3 is 4.74 Å². The molecular weight excluding hydrogens is 302 g/mol. The summed E-state index contributed by atoms with van der Waals surface area (Å²) < 4.78 is 6.26. The highest BCUT2D eigenvalue weighted by molar-refractivity contribution is 6.09. The molecule has 4 heteroatoms. The summed E-state index contributed by atoms with van der Waals surface area (Å²) in [5.41, 5.74) is 3.16. The second kappa shape index (κ2) is 6.54. The molecule has 0 amide bonds. The lowest BCUT2D eigenvalue weighted by Gasteiger charge is -1.99. The molecular formula is C20H17NO3. The second-order valence-electron chi connectivity index (χ2n) is 5.50. The summed E-state index contributed by atoms with van der Waals surface area (Å²) in [5, 5.41) is 0.696. The molecule has 0 bridgehead atoms. The van der Waals surface area contributed by atoms with Gasteiger partial charge in [0, 0.05) is 17.7 Å². The molecule has 3 aromatic rings. The minimum atomic E-state index is -0.458. The fourth-order valence-electron chi connectivity index (χ4n) is 2.56. The summed E-state index contributed by atoms with van der Waals surface area (Å²) in [6.07, 6.45) is 4.78. The molecule has 24 heavy (non-hydrogen) atoms. The van der Waals surface area contributed by atoms with Crippen LogP contribution in [0.25, 0.3) is 17.0 Å². The minimum Gasteiger partial charge on any atom is -0.465 e. The van der Waals surface area contributed by atoms with Gasteiger partial charge in [-0.2, -0.15) is 0 Å². The summed E-state index contributed by atoms with van der Waals surface area (Å²) in [6.45, 7) is 2.01. The summed E-state index contributed by atoms with van der Waals surface area (Å²) in [4.78, 5) is 24.5. The molecule has 0 aliphatic rings. The summed E-state index contributed by atoms with van der Waals surface area (Å²) >= 11 is 0. The number of aryl methyl sites for hydroxylation is 1. The van der Waals surface area contributed by atoms with Crippen LogP contribution in [0.5, 0.6) is 0 Å². The van der Waals surface area contributed by atoms with Crippen LogP contribution in [0.1, 0.15) is 26.3 Å². The Morgan fingerprint density at radius 1 is 1.04 bits per heavy atom. The topological polar surface area (TPSA) is 48.3 Å². The summed E-state index contributed by atoms with van der Waals surface area (Å²) in [5.74, 6) is -0.679. The smallest absolute Gasteiger partial charge is 0.340 e. The molecule has 0 unspecified atom stereocenters. The maximum absolute atomic E-state index is 12.5. The molecule has 1 heterocycles. The first-order valence-corrected chi connectivity index (χ1v) is 7.57. The van der Waals surface area contributed by atoms with Gasteiger partial charge in [-0.25, -0.2) is 4.79 Å². The molecule has 120 valence electrons. The molecule has 1 aromatic heterocycles. The van der Waals surface area contributed by atoms with Crippen LogP contribution in [-0.2, 0) is 4.74 Å². The fraction of sp³-hybridized carbons (Fsp3) is 0.100. The number of fused-ring (bicyclic) bond motifs is 1. The van der Waals surface area contributed by atoms with Crippen molar-refractivity contribution in [1.29, 1.82) is 0 Å². The molecule has 2 aromatic carbocycles. The lowest BCUT2D eigenvalue weighted by Crippen LogP contribution is -2.06. The third-order valence-electron chi connectivity index (χ3n) is 3.85. The van der Waals surface area contributed by atoms with Gasteiger partial charge in [0.15, 0.2) is 0 Å². The van der Waals surface area contributed by atoms with E-state index in [1.165, 1.54) is 23.9 Å². The van der Waals surface area contributed by atoms with Crippen LogP contribution in [0.15, 0.2) is 60.8 Å². The van der Waals surface area contributed by atoms with Crippen molar-refractivity contribution in [2.45, 2.75) is 6.92 Å². The Hall–Kier alpha value is -3.14. The minimum absolute atomic E-state index is 0.220. The van der Waals surface area contributed by atoms with E-state index in [0.29, 0.717) is 16.5 Å². The Labute approximate surface area is 140 Å². The molecule has 0 atom stereocenters. The van der Waals surface area contributed by atoms with Gasteiger partial charge >= 0.3 is 5.97 Å². The first kappa shape index (κ1) is 15.7. The van der Waals surface area contributed by atoms with Gasteiger partial charge in [0.2, 0.25) is 0 Å². The van der Waals surface area contributed by atoms with Crippen molar-refractivity contribution in [1.82, 2.24) is 4.57 Å². The van der Waals surface area contributed by atoms with Gasteiger partial charge in [-0.3, -0.25) is 9.36 Å². The molecule has 4 nitrogen and oxygen atoms in total. The Bertz CT molecular complexity index is 933. The van der Waals surface area contributed by atoms with Crippen LogP contribution in [0.3, 0.4) is 0 Å². The van der Waals surface area contributed by atoms with Crippen LogP contribution in [0.2, 0.25) is 0 Å². The molecule has 3 rings (SSSR count). The van der Waals surface area contributed by atoms with Gasteiger partial charge in [-0.15, -0.1) is 0 Å². The van der Waals surface area contributed by atoms with E-state index >= 15 is 0 Å². The number of ether oxygens (including phenoxy) is 1. The maximum Gasteiger partial charge on any atom is 0.340 e. The first-order valence-electron chi connectivity index (χ1n) is 7.57. The lowest BCUT2D eigenvalue weighted by molar-refractivity contribution is 0.0603. The third kappa shape index (κ3) is 2.99. The van der Waals surface area contributed by atoms with Crippen molar-refractivity contribution in [2.75, 3.05) is 7.11 Å². The van der Waals surface area contributed by atoms with Crippen molar-refractivity contribution in [3.8, 4) is 0 Å². The molecule has 0 fully saturated rings. The molecule has 0 N–H and O–H groups in total. The van der Waals surface area contributed by atoms with Crippen molar-refractivity contribution >= 4 is 28.9 Å². The summed E-state index contributed by atoms with van der Waals surface area (Å²) in [7, 11) is 1.33. The molecule has 0 radical (unpaired) electrons. The van der Waals surface area contributed by atoms with Crippen molar-refractivity contribution in [3.63, 3.8) is 0 Å². The SMILES string of the molecule is COC(=O)c1cn(C(=O)/C=C/c2ccc(C)cc2)c2ccccc12. The van der Waals surface area contributed by atoms with E-state index < -0.39 is 5.97 Å². The number of aromatic nitrogens is 1. The average Bonchev–Trinajstić information content (AvgIpc) is 3.00. The van der Waals surface area contributed by atoms with Gasteiger partial charge in [0.05, 0.1) is 18.2 Å². The van der Waals surface area contributed by atoms with Gasteiger partial charge in [-0.1, -0.05) is 48.0 Å². The van der Waals surface area contributed by atoms with Crippen LogP contribution >= 0.6 is 0 Å². The fourth-order valence-corrected chi connectivity index (χ4v) is 2.56. The van der Waals surface area contributed by atoms with Crippen molar-refractivity contribution in [2.24, 2.45) is 0 Å². The van der Waals surface area contributed by atoms with E-state index in [1.807, 2.05) is 43.3 Å². The van der Waals surface area contributed by atoms with E-state index in [2.05, 4.69) is 0 Å². The highest BCUT2D eigenvalue weighted by Crippen LogP contribution is 2.22. The lowest BCUT2D eigenvalue weighted by atomic mass is 10.1. The normalized spacial score (nSPS) is 11.1. The number of rotatable bonds is 3. The predicted octanol–water partition coefficient (Wildman–Crippen LogP) is 4.09. The zero-order valence-corrected chi connectivity index (χ0v) is 13.5. The number of carbonyl (C=O) groups excluding carboxylic acids is 2. The Morgan fingerprint density at radius 3 is 2.46 bits per heavy atom. The van der Waals surface area contributed by atoms with E-state index in [1.54, 1.807) is 18.2 Å². The Kier molecular flexibility index (Phi) is 4.29.